The van der Waals surface area contributed by atoms with Crippen molar-refractivity contribution in [2.45, 2.75) is 46.0 Å². The van der Waals surface area contributed by atoms with E-state index < -0.39 is 0 Å². The number of imide groups is 1. The average Bonchev–Trinajstić information content (AvgIpc) is 3.30. The fraction of sp³-hybridized carbons (Fsp3) is 0.556. The quantitative estimate of drug-likeness (QED) is 0.493. The van der Waals surface area contributed by atoms with E-state index in [1.807, 2.05) is 26.0 Å². The number of amides is 2. The monoisotopic (exact) mass is 399 g/mol. The van der Waals surface area contributed by atoms with Crippen molar-refractivity contribution < 1.29 is 9.59 Å². The fourth-order valence-electron chi connectivity index (χ4n) is 8.65. The minimum atomic E-state index is -0.173. The molecule has 1 saturated heterocycles. The Morgan fingerprint density at radius 3 is 1.70 bits per heavy atom. The van der Waals surface area contributed by atoms with E-state index in [1.54, 1.807) is 5.57 Å². The van der Waals surface area contributed by atoms with Gasteiger partial charge in [-0.25, -0.2) is 4.90 Å². The number of aryl methyl sites for hydroxylation is 2. The van der Waals surface area contributed by atoms with Gasteiger partial charge in [-0.1, -0.05) is 29.4 Å². The van der Waals surface area contributed by atoms with Gasteiger partial charge in [-0.15, -0.1) is 0 Å². The minimum Gasteiger partial charge on any atom is -0.274 e. The van der Waals surface area contributed by atoms with Crippen molar-refractivity contribution in [2.24, 2.45) is 47.3 Å². The topological polar surface area (TPSA) is 37.4 Å². The molecule has 154 valence electrons. The van der Waals surface area contributed by atoms with Gasteiger partial charge in [-0.05, 0) is 92.9 Å². The summed E-state index contributed by atoms with van der Waals surface area (Å²) in [5.74, 6) is 3.41. The number of fused-ring (bicyclic) bond motifs is 5. The summed E-state index contributed by atoms with van der Waals surface area (Å²) in [4.78, 5) is 28.7. The summed E-state index contributed by atoms with van der Waals surface area (Å²) in [5.41, 5.74) is 6.18. The van der Waals surface area contributed by atoms with E-state index in [9.17, 15) is 9.59 Å². The molecular weight excluding hydrogens is 370 g/mol. The highest BCUT2D eigenvalue weighted by atomic mass is 16.2. The third-order valence-electron chi connectivity index (χ3n) is 9.23. The smallest absolute Gasteiger partial charge is 0.238 e. The van der Waals surface area contributed by atoms with Crippen molar-refractivity contribution in [3.63, 3.8) is 0 Å². The summed E-state index contributed by atoms with van der Waals surface area (Å²) in [6.07, 6.45) is 11.4. The first kappa shape index (κ1) is 17.5. The Labute approximate surface area is 178 Å². The highest BCUT2D eigenvalue weighted by Gasteiger charge is 2.63. The van der Waals surface area contributed by atoms with Crippen molar-refractivity contribution >= 4 is 17.5 Å². The van der Waals surface area contributed by atoms with Crippen molar-refractivity contribution in [2.75, 3.05) is 4.90 Å². The van der Waals surface area contributed by atoms with Crippen LogP contribution in [0.1, 0.15) is 43.2 Å². The molecule has 1 aliphatic heterocycles. The van der Waals surface area contributed by atoms with Crippen LogP contribution in [0.5, 0.6) is 0 Å². The number of anilines is 1. The second-order valence-electron chi connectivity index (χ2n) is 11.1. The lowest BCUT2D eigenvalue weighted by atomic mass is 9.53. The van der Waals surface area contributed by atoms with Gasteiger partial charge in [-0.3, -0.25) is 9.59 Å². The van der Waals surface area contributed by atoms with E-state index in [2.05, 4.69) is 18.2 Å². The fourth-order valence-corrected chi connectivity index (χ4v) is 8.65. The molecule has 1 aromatic rings. The molecule has 3 nitrogen and oxygen atoms in total. The maximum absolute atomic E-state index is 13.6. The van der Waals surface area contributed by atoms with Crippen LogP contribution in [0.3, 0.4) is 0 Å². The first-order valence-corrected chi connectivity index (χ1v) is 11.9. The molecular formula is C27H29NO2. The number of hydrogen-bond acceptors (Lipinski definition) is 2. The van der Waals surface area contributed by atoms with Crippen LogP contribution in [-0.4, -0.2) is 11.8 Å². The van der Waals surface area contributed by atoms with Gasteiger partial charge in [0.15, 0.2) is 0 Å². The van der Waals surface area contributed by atoms with Gasteiger partial charge in [0, 0.05) is 11.8 Å². The molecule has 7 aliphatic rings. The van der Waals surface area contributed by atoms with Crippen molar-refractivity contribution in [3.8, 4) is 0 Å². The van der Waals surface area contributed by atoms with Crippen LogP contribution in [0.25, 0.3) is 0 Å². The van der Waals surface area contributed by atoms with Crippen molar-refractivity contribution in [3.05, 3.63) is 52.6 Å². The Hall–Kier alpha value is -2.16. The predicted octanol–water partition coefficient (Wildman–Crippen LogP) is 4.98. The van der Waals surface area contributed by atoms with Gasteiger partial charge in [0.25, 0.3) is 0 Å². The molecule has 6 aliphatic carbocycles. The summed E-state index contributed by atoms with van der Waals surface area (Å²) in [7, 11) is 0. The van der Waals surface area contributed by atoms with Crippen LogP contribution in [0.4, 0.5) is 5.69 Å². The molecule has 2 amide bonds. The summed E-state index contributed by atoms with van der Waals surface area (Å²) >= 11 is 0. The van der Waals surface area contributed by atoms with E-state index in [0.29, 0.717) is 0 Å². The molecule has 30 heavy (non-hydrogen) atoms. The van der Waals surface area contributed by atoms with Crippen LogP contribution in [0, 0.1) is 61.2 Å². The van der Waals surface area contributed by atoms with E-state index in [1.165, 1.54) is 42.6 Å². The normalized spacial score (nSPS) is 42.8. The van der Waals surface area contributed by atoms with E-state index in [4.69, 9.17) is 0 Å². The summed E-state index contributed by atoms with van der Waals surface area (Å²) < 4.78 is 0. The molecule has 1 aromatic carbocycles. The van der Waals surface area contributed by atoms with Gasteiger partial charge in [0.05, 0.1) is 17.5 Å². The Bertz CT molecular complexity index is 978. The molecule has 0 unspecified atom stereocenters. The number of carbonyl (C=O) groups is 2. The van der Waals surface area contributed by atoms with Gasteiger partial charge < -0.3 is 0 Å². The number of allylic oxidation sites excluding steroid dienone is 4. The predicted molar refractivity (Wildman–Crippen MR) is 116 cm³/mol. The Balaban J connectivity index is 1.29. The molecule has 0 aromatic heterocycles. The van der Waals surface area contributed by atoms with Crippen LogP contribution in [-0.2, 0) is 9.59 Å². The molecule has 6 fully saturated rings. The van der Waals surface area contributed by atoms with Crippen LogP contribution in [0.15, 0.2) is 41.5 Å². The molecule has 1 heterocycles. The zero-order chi connectivity index (χ0) is 20.3. The maximum atomic E-state index is 13.6. The zero-order valence-corrected chi connectivity index (χ0v) is 17.8. The lowest BCUT2D eigenvalue weighted by Gasteiger charge is -2.52. The Morgan fingerprint density at radius 2 is 1.20 bits per heavy atom. The first-order valence-electron chi connectivity index (χ1n) is 11.9. The third-order valence-corrected chi connectivity index (χ3v) is 9.23. The van der Waals surface area contributed by atoms with Crippen molar-refractivity contribution in [1.29, 1.82) is 0 Å². The second-order valence-corrected chi connectivity index (χ2v) is 11.1. The molecule has 0 N–H and O–H groups in total. The molecule has 5 saturated carbocycles. The Morgan fingerprint density at radius 1 is 0.700 bits per heavy atom. The van der Waals surface area contributed by atoms with Crippen LogP contribution >= 0.6 is 0 Å². The maximum Gasteiger partial charge on any atom is 0.238 e. The van der Waals surface area contributed by atoms with Gasteiger partial charge in [-0.2, -0.15) is 0 Å². The van der Waals surface area contributed by atoms with E-state index in [0.717, 1.165) is 40.5 Å². The van der Waals surface area contributed by atoms with Gasteiger partial charge in [0.2, 0.25) is 11.8 Å². The number of rotatable bonds is 1. The van der Waals surface area contributed by atoms with E-state index in [-0.39, 0.29) is 35.5 Å². The molecule has 3 heteroatoms. The largest absolute Gasteiger partial charge is 0.274 e. The second kappa shape index (κ2) is 5.75. The highest BCUT2D eigenvalue weighted by Crippen LogP contribution is 2.63. The third kappa shape index (κ3) is 2.11. The Kier molecular flexibility index (Phi) is 3.36. The van der Waals surface area contributed by atoms with Gasteiger partial charge >= 0.3 is 0 Å². The van der Waals surface area contributed by atoms with Crippen molar-refractivity contribution in [1.82, 2.24) is 0 Å². The van der Waals surface area contributed by atoms with Crippen LogP contribution < -0.4 is 4.90 Å². The first-order chi connectivity index (χ1) is 14.5. The van der Waals surface area contributed by atoms with Crippen LogP contribution in [0.2, 0.25) is 0 Å². The average molecular weight is 400 g/mol. The summed E-state index contributed by atoms with van der Waals surface area (Å²) in [5, 5.41) is 0. The lowest BCUT2D eigenvalue weighted by Crippen LogP contribution is -2.41. The molecule has 8 rings (SSSR count). The molecule has 4 atom stereocenters. The standard InChI is InChI=1S/C27H29NO2/c1-13-5-14(2)7-19(6-13)28-26(29)24-20-3-4-21(25(24)27(28)30)23(20)22-17-9-15-8-16(11-17)12-18(22)10-15/h3-7,15-18,20-21,24-25H,8-12H2,1-2H3/t15?,16?,17?,18?,20-,21-,24-,25+/m1/s1. The number of carbonyl (C=O) groups excluding carboxylic acids is 2. The number of benzene rings is 1. The SMILES string of the molecule is Cc1cc(C)cc(N2C(=O)[C@@H]3[C@H](C2=O)[C@@H]2C=C[C@@H]3C2=C2C3CC4CC(C3)CC2C4)c1. The summed E-state index contributed by atoms with van der Waals surface area (Å²) in [6.45, 7) is 4.06. The lowest BCUT2D eigenvalue weighted by molar-refractivity contribution is -0.122. The molecule has 6 bridgehead atoms. The minimum absolute atomic E-state index is 0.0359. The van der Waals surface area contributed by atoms with E-state index >= 15 is 0 Å². The van der Waals surface area contributed by atoms with Gasteiger partial charge in [0.1, 0.15) is 0 Å². The number of nitrogens with zero attached hydrogens (tertiary/aromatic N) is 1. The number of hydrogen-bond donors (Lipinski definition) is 0. The zero-order valence-electron chi connectivity index (χ0n) is 17.8. The highest BCUT2D eigenvalue weighted by molar-refractivity contribution is 6.23. The summed E-state index contributed by atoms with van der Waals surface area (Å²) in [6, 6.07) is 6.06. The molecule has 0 radical (unpaired) electrons. The molecule has 0 spiro atoms.